The number of benzene rings is 1. The van der Waals surface area contributed by atoms with Gasteiger partial charge in [-0.15, -0.1) is 0 Å². The minimum Gasteiger partial charge on any atom is -0.468 e. The predicted octanol–water partition coefficient (Wildman–Crippen LogP) is -1.73. The van der Waals surface area contributed by atoms with Crippen LogP contribution in [0.25, 0.3) is 0 Å². The van der Waals surface area contributed by atoms with Crippen molar-refractivity contribution in [2.24, 2.45) is 0 Å². The van der Waals surface area contributed by atoms with E-state index in [1.165, 1.54) is 25.3 Å². The Labute approximate surface area is 163 Å². The van der Waals surface area contributed by atoms with E-state index >= 15 is 0 Å². The standard InChI is InChI=1S/C18H23BN2O7/c1-27-17(24)18(4-9-28-12-18)21-7-5-20(6-8-21)16(23)13-2-3-15(19(25)26)14(10-13)11-22/h2-3,10-11,25-26H,4-9,12H2,1H3. The van der Waals surface area contributed by atoms with Gasteiger partial charge in [0, 0.05) is 50.3 Å². The van der Waals surface area contributed by atoms with Crippen molar-refractivity contribution >= 4 is 30.7 Å². The highest BCUT2D eigenvalue weighted by molar-refractivity contribution is 6.60. The molecule has 10 heteroatoms. The van der Waals surface area contributed by atoms with Gasteiger partial charge in [-0.2, -0.15) is 0 Å². The molecule has 2 aliphatic heterocycles. The van der Waals surface area contributed by atoms with E-state index < -0.39 is 12.7 Å². The molecule has 0 aromatic heterocycles. The first-order valence-corrected chi connectivity index (χ1v) is 9.08. The summed E-state index contributed by atoms with van der Waals surface area (Å²) < 4.78 is 10.4. The van der Waals surface area contributed by atoms with Crippen LogP contribution in [0.2, 0.25) is 0 Å². The number of carbonyl (C=O) groups excluding carboxylic acids is 3. The third-order valence-corrected chi connectivity index (χ3v) is 5.48. The lowest BCUT2D eigenvalue weighted by Crippen LogP contribution is -2.62. The van der Waals surface area contributed by atoms with Crippen LogP contribution in [-0.2, 0) is 14.3 Å². The van der Waals surface area contributed by atoms with Gasteiger partial charge in [0.1, 0.15) is 11.8 Å². The van der Waals surface area contributed by atoms with Gasteiger partial charge in [-0.3, -0.25) is 14.5 Å². The van der Waals surface area contributed by atoms with Crippen molar-refractivity contribution in [3.8, 4) is 0 Å². The molecular formula is C18H23BN2O7. The summed E-state index contributed by atoms with van der Waals surface area (Å²) in [6.07, 6.45) is 1.05. The van der Waals surface area contributed by atoms with Crippen LogP contribution in [0.3, 0.4) is 0 Å². The van der Waals surface area contributed by atoms with Gasteiger partial charge in [-0.25, -0.2) is 4.79 Å². The zero-order chi connectivity index (χ0) is 20.3. The van der Waals surface area contributed by atoms with Crippen LogP contribution in [-0.4, -0.2) is 97.2 Å². The Morgan fingerprint density at radius 2 is 1.96 bits per heavy atom. The molecular weight excluding hydrogens is 367 g/mol. The van der Waals surface area contributed by atoms with Crippen LogP contribution in [0.4, 0.5) is 0 Å². The molecule has 2 N–H and O–H groups in total. The highest BCUT2D eigenvalue weighted by Gasteiger charge is 2.49. The molecule has 1 unspecified atom stereocenters. The number of methoxy groups -OCH3 is 1. The molecule has 0 aliphatic carbocycles. The van der Waals surface area contributed by atoms with E-state index in [0.717, 1.165) is 0 Å². The molecule has 0 saturated carbocycles. The topological polar surface area (TPSA) is 117 Å². The van der Waals surface area contributed by atoms with Crippen LogP contribution >= 0.6 is 0 Å². The number of aldehydes is 1. The molecule has 150 valence electrons. The third-order valence-electron chi connectivity index (χ3n) is 5.48. The number of esters is 1. The summed E-state index contributed by atoms with van der Waals surface area (Å²) >= 11 is 0. The van der Waals surface area contributed by atoms with Gasteiger partial charge in [-0.1, -0.05) is 6.07 Å². The molecule has 2 fully saturated rings. The molecule has 0 spiro atoms. The molecule has 2 saturated heterocycles. The summed E-state index contributed by atoms with van der Waals surface area (Å²) in [6.45, 7) is 2.60. The largest absolute Gasteiger partial charge is 0.489 e. The van der Waals surface area contributed by atoms with Crippen LogP contribution in [0.1, 0.15) is 27.1 Å². The molecule has 1 aromatic rings. The van der Waals surface area contributed by atoms with Crippen molar-refractivity contribution in [2.45, 2.75) is 12.0 Å². The summed E-state index contributed by atoms with van der Waals surface area (Å²) in [5.74, 6) is -0.574. The second-order valence-electron chi connectivity index (χ2n) is 6.94. The van der Waals surface area contributed by atoms with Crippen molar-refractivity contribution in [3.63, 3.8) is 0 Å². The fourth-order valence-electron chi connectivity index (χ4n) is 3.85. The quantitative estimate of drug-likeness (QED) is 0.346. The van der Waals surface area contributed by atoms with Crippen LogP contribution in [0.15, 0.2) is 18.2 Å². The number of ether oxygens (including phenoxy) is 2. The summed E-state index contributed by atoms with van der Waals surface area (Å²) in [5, 5.41) is 18.6. The van der Waals surface area contributed by atoms with Gasteiger partial charge >= 0.3 is 13.1 Å². The van der Waals surface area contributed by atoms with Crippen molar-refractivity contribution in [1.29, 1.82) is 0 Å². The average molecular weight is 390 g/mol. The van der Waals surface area contributed by atoms with Crippen molar-refractivity contribution in [1.82, 2.24) is 9.80 Å². The van der Waals surface area contributed by atoms with Gasteiger partial charge < -0.3 is 24.4 Å². The Morgan fingerprint density at radius 1 is 1.25 bits per heavy atom. The van der Waals surface area contributed by atoms with Gasteiger partial charge in [0.25, 0.3) is 5.91 Å². The fourth-order valence-corrected chi connectivity index (χ4v) is 3.85. The molecule has 28 heavy (non-hydrogen) atoms. The van der Waals surface area contributed by atoms with E-state index in [2.05, 4.69) is 0 Å². The van der Waals surface area contributed by atoms with E-state index in [4.69, 9.17) is 9.47 Å². The Kier molecular flexibility index (Phi) is 6.14. The van der Waals surface area contributed by atoms with Crippen molar-refractivity contribution in [2.75, 3.05) is 46.5 Å². The third kappa shape index (κ3) is 3.68. The zero-order valence-electron chi connectivity index (χ0n) is 15.7. The average Bonchev–Trinajstić information content (AvgIpc) is 3.23. The maximum absolute atomic E-state index is 12.8. The molecule has 9 nitrogen and oxygen atoms in total. The Balaban J connectivity index is 1.70. The minimum absolute atomic E-state index is 0.0534. The van der Waals surface area contributed by atoms with Gasteiger partial charge in [0.2, 0.25) is 0 Å². The van der Waals surface area contributed by atoms with E-state index in [0.29, 0.717) is 51.1 Å². The van der Waals surface area contributed by atoms with Crippen LogP contribution in [0, 0.1) is 0 Å². The molecule has 2 aliphatic rings. The molecule has 3 rings (SSSR count). The normalized spacial score (nSPS) is 22.8. The predicted molar refractivity (Wildman–Crippen MR) is 99.3 cm³/mol. The molecule has 0 bridgehead atoms. The first-order chi connectivity index (χ1) is 13.4. The SMILES string of the molecule is COC(=O)C1(N2CCN(C(=O)c3ccc(B(O)O)c(C=O)c3)CC2)CCOC1. The number of nitrogens with zero attached hydrogens (tertiary/aromatic N) is 2. The number of hydrogen-bond donors (Lipinski definition) is 2. The number of carbonyl (C=O) groups is 3. The van der Waals surface area contributed by atoms with E-state index in [-0.39, 0.29) is 29.5 Å². The Bertz CT molecular complexity index is 756. The second kappa shape index (κ2) is 8.40. The number of rotatable bonds is 5. The molecule has 1 atom stereocenters. The monoisotopic (exact) mass is 390 g/mol. The first-order valence-electron chi connectivity index (χ1n) is 9.08. The first kappa shape index (κ1) is 20.5. The lowest BCUT2D eigenvalue weighted by molar-refractivity contribution is -0.156. The van der Waals surface area contributed by atoms with Crippen molar-refractivity contribution < 1.29 is 33.9 Å². The molecule has 0 radical (unpaired) electrons. The lowest BCUT2D eigenvalue weighted by Gasteiger charge is -2.43. The highest BCUT2D eigenvalue weighted by Crippen LogP contribution is 2.29. The van der Waals surface area contributed by atoms with E-state index in [9.17, 15) is 24.4 Å². The van der Waals surface area contributed by atoms with Crippen molar-refractivity contribution in [3.05, 3.63) is 29.3 Å². The Morgan fingerprint density at radius 3 is 2.50 bits per heavy atom. The zero-order valence-corrected chi connectivity index (χ0v) is 15.7. The summed E-state index contributed by atoms with van der Waals surface area (Å²) in [6, 6.07) is 4.19. The second-order valence-corrected chi connectivity index (χ2v) is 6.94. The summed E-state index contributed by atoms with van der Waals surface area (Å²) in [5.41, 5.74) is -0.385. The van der Waals surface area contributed by atoms with Gasteiger partial charge in [0.15, 0.2) is 0 Å². The number of piperazine rings is 1. The maximum Gasteiger partial charge on any atom is 0.489 e. The summed E-state index contributed by atoms with van der Waals surface area (Å²) in [7, 11) is -0.421. The summed E-state index contributed by atoms with van der Waals surface area (Å²) in [4.78, 5) is 40.0. The molecule has 1 amide bonds. The molecule has 2 heterocycles. The Hall–Kier alpha value is -2.27. The van der Waals surface area contributed by atoms with Crippen LogP contribution in [0.5, 0.6) is 0 Å². The number of amides is 1. The van der Waals surface area contributed by atoms with Gasteiger partial charge in [0.05, 0.1) is 13.7 Å². The molecule has 1 aromatic carbocycles. The van der Waals surface area contributed by atoms with E-state index in [1.54, 1.807) is 4.90 Å². The number of hydrogen-bond acceptors (Lipinski definition) is 8. The van der Waals surface area contributed by atoms with Crippen LogP contribution < -0.4 is 5.46 Å². The minimum atomic E-state index is -1.78. The fraction of sp³-hybridized carbons (Fsp3) is 0.500. The maximum atomic E-state index is 12.8. The lowest BCUT2D eigenvalue weighted by atomic mass is 9.77. The van der Waals surface area contributed by atoms with E-state index in [1.807, 2.05) is 4.90 Å². The van der Waals surface area contributed by atoms with Gasteiger partial charge in [-0.05, 0) is 17.6 Å². The smallest absolute Gasteiger partial charge is 0.468 e. The highest BCUT2D eigenvalue weighted by atomic mass is 16.5.